The van der Waals surface area contributed by atoms with E-state index >= 15 is 0 Å². The second-order valence-corrected chi connectivity index (χ2v) is 14.4. The number of carbonyl (C=O) groups excluding carboxylic acids is 3. The van der Waals surface area contributed by atoms with Crippen LogP contribution < -0.4 is 0 Å². The zero-order chi connectivity index (χ0) is 31.2. The minimum atomic E-state index is -0.514. The first-order chi connectivity index (χ1) is 20.0. The number of esters is 2. The number of unbranched alkanes of at least 4 members (excludes halogenated alkanes) is 8. The molecule has 1 saturated heterocycles. The van der Waals surface area contributed by atoms with E-state index in [1.165, 1.54) is 63.1 Å². The molecule has 0 aromatic rings. The maximum atomic E-state index is 13.3. The van der Waals surface area contributed by atoms with Gasteiger partial charge in [0.2, 0.25) is 0 Å². The summed E-state index contributed by atoms with van der Waals surface area (Å²) in [5.74, 6) is -0.386. The molecule has 8 heteroatoms. The van der Waals surface area contributed by atoms with Gasteiger partial charge in [0.1, 0.15) is 11.7 Å². The van der Waals surface area contributed by atoms with Crippen molar-refractivity contribution < 1.29 is 23.9 Å². The van der Waals surface area contributed by atoms with Crippen LogP contribution in [0.25, 0.3) is 0 Å². The average molecular weight is 613 g/mol. The number of carbonyl (C=O) groups is 3. The van der Waals surface area contributed by atoms with Crippen molar-refractivity contribution in [2.24, 2.45) is 0 Å². The first-order valence-corrected chi connectivity index (χ1v) is 18.0. The Hall–Kier alpha value is -1.28. The second-order valence-electron chi connectivity index (χ2n) is 13.2. The molecular formula is C34H64N2O5S. The Kier molecular flexibility index (Phi) is 21.4. The van der Waals surface area contributed by atoms with Crippen molar-refractivity contribution in [1.82, 2.24) is 9.80 Å². The summed E-state index contributed by atoms with van der Waals surface area (Å²) in [5, 5.41) is 0.376. The lowest BCUT2D eigenvalue weighted by atomic mass is 10.0. The number of thioether (sulfide) groups is 1. The van der Waals surface area contributed by atoms with E-state index in [1.54, 1.807) is 0 Å². The SMILES string of the molecule is CCCCCCCC(CCCCCCC)OC(=O)CCCN(CCCC(=O)OC(C)(C)C)C(=O)SC1CCN(C)CC1. The topological polar surface area (TPSA) is 76.1 Å². The summed E-state index contributed by atoms with van der Waals surface area (Å²) < 4.78 is 11.4. The van der Waals surface area contributed by atoms with Crippen LogP contribution in [0.15, 0.2) is 0 Å². The van der Waals surface area contributed by atoms with Crippen molar-refractivity contribution in [2.75, 3.05) is 33.2 Å². The predicted octanol–water partition coefficient (Wildman–Crippen LogP) is 8.77. The number of hydrogen-bond acceptors (Lipinski definition) is 7. The first-order valence-electron chi connectivity index (χ1n) is 17.1. The minimum Gasteiger partial charge on any atom is -0.462 e. The molecule has 42 heavy (non-hydrogen) atoms. The number of piperidine rings is 1. The van der Waals surface area contributed by atoms with Crippen molar-refractivity contribution in [3.63, 3.8) is 0 Å². The highest BCUT2D eigenvalue weighted by Crippen LogP contribution is 2.26. The van der Waals surface area contributed by atoms with Crippen molar-refractivity contribution in [3.05, 3.63) is 0 Å². The van der Waals surface area contributed by atoms with Crippen molar-refractivity contribution in [3.8, 4) is 0 Å². The van der Waals surface area contributed by atoms with E-state index in [0.717, 1.165) is 51.6 Å². The van der Waals surface area contributed by atoms with Gasteiger partial charge in [-0.05, 0) is 92.3 Å². The molecule has 0 aliphatic carbocycles. The van der Waals surface area contributed by atoms with Crippen LogP contribution >= 0.6 is 11.8 Å². The van der Waals surface area contributed by atoms with Crippen LogP contribution in [0, 0.1) is 0 Å². The number of ether oxygens (including phenoxy) is 2. The molecule has 1 heterocycles. The lowest BCUT2D eigenvalue weighted by molar-refractivity contribution is -0.155. The highest BCUT2D eigenvalue weighted by molar-refractivity contribution is 8.14. The molecule has 0 N–H and O–H groups in total. The Morgan fingerprint density at radius 3 is 1.79 bits per heavy atom. The number of rotatable bonds is 22. The molecule has 0 atom stereocenters. The standard InChI is InChI=1S/C34H64N2O5S/c1-7-9-11-13-15-19-29(20-16-14-12-10-8-2)40-31(37)21-17-25-36(26-18-22-32(38)41-34(3,4)5)33(39)42-30-23-27-35(6)28-24-30/h29-30H,7-28H2,1-6H3. The third-order valence-corrected chi connectivity index (χ3v) is 9.05. The number of amides is 1. The molecule has 0 bridgehead atoms. The molecule has 1 aliphatic heterocycles. The van der Waals surface area contributed by atoms with Gasteiger partial charge in [-0.1, -0.05) is 77.0 Å². The van der Waals surface area contributed by atoms with Crippen LogP contribution in [0.3, 0.4) is 0 Å². The van der Waals surface area contributed by atoms with Gasteiger partial charge in [-0.3, -0.25) is 14.4 Å². The molecule has 246 valence electrons. The van der Waals surface area contributed by atoms with E-state index in [1.807, 2.05) is 25.7 Å². The molecule has 1 rings (SSSR count). The first kappa shape index (κ1) is 38.7. The van der Waals surface area contributed by atoms with E-state index in [-0.39, 0.29) is 29.7 Å². The monoisotopic (exact) mass is 612 g/mol. The molecule has 0 saturated carbocycles. The number of hydrogen-bond donors (Lipinski definition) is 0. The quantitative estimate of drug-likeness (QED) is 0.0893. The number of likely N-dealkylation sites (tertiary alicyclic amines) is 1. The Balaban J connectivity index is 2.60. The summed E-state index contributed by atoms with van der Waals surface area (Å²) in [7, 11) is 2.12. The molecule has 0 aromatic carbocycles. The fourth-order valence-electron chi connectivity index (χ4n) is 5.29. The highest BCUT2D eigenvalue weighted by Gasteiger charge is 2.24. The highest BCUT2D eigenvalue weighted by atomic mass is 32.2. The van der Waals surface area contributed by atoms with Crippen molar-refractivity contribution in [2.45, 2.75) is 167 Å². The van der Waals surface area contributed by atoms with Crippen LogP contribution in [0.2, 0.25) is 0 Å². The third-order valence-electron chi connectivity index (χ3n) is 7.79. The summed E-state index contributed by atoms with van der Waals surface area (Å²) >= 11 is 1.43. The van der Waals surface area contributed by atoms with Gasteiger partial charge in [-0.25, -0.2) is 0 Å². The van der Waals surface area contributed by atoms with Crippen LogP contribution in [0.1, 0.15) is 150 Å². The van der Waals surface area contributed by atoms with Crippen LogP contribution in [-0.4, -0.2) is 77.2 Å². The van der Waals surface area contributed by atoms with Crippen molar-refractivity contribution >= 4 is 28.9 Å². The maximum absolute atomic E-state index is 13.3. The molecule has 1 amide bonds. The molecule has 1 aliphatic rings. The van der Waals surface area contributed by atoms with Gasteiger partial charge >= 0.3 is 11.9 Å². The molecular weight excluding hydrogens is 548 g/mol. The largest absolute Gasteiger partial charge is 0.462 e. The summed E-state index contributed by atoms with van der Waals surface area (Å²) in [5.41, 5.74) is -0.514. The van der Waals surface area contributed by atoms with Crippen LogP contribution in [0.5, 0.6) is 0 Å². The smallest absolute Gasteiger partial charge is 0.306 e. The van der Waals surface area contributed by atoms with Crippen LogP contribution in [-0.2, 0) is 19.1 Å². The lowest BCUT2D eigenvalue weighted by Crippen LogP contribution is -2.35. The van der Waals surface area contributed by atoms with E-state index in [9.17, 15) is 14.4 Å². The van der Waals surface area contributed by atoms with E-state index in [2.05, 4.69) is 25.8 Å². The van der Waals surface area contributed by atoms with Gasteiger partial charge in [-0.15, -0.1) is 0 Å². The normalized spacial score (nSPS) is 14.7. The minimum absolute atomic E-state index is 0.00676. The predicted molar refractivity (Wildman–Crippen MR) is 176 cm³/mol. The Labute approximate surface area is 262 Å². The molecule has 0 aromatic heterocycles. The molecule has 0 radical (unpaired) electrons. The summed E-state index contributed by atoms with van der Waals surface area (Å²) in [6.45, 7) is 13.0. The number of nitrogens with zero attached hydrogens (tertiary/aromatic N) is 2. The zero-order valence-electron chi connectivity index (χ0n) is 28.1. The van der Waals surface area contributed by atoms with E-state index in [0.29, 0.717) is 37.6 Å². The summed E-state index contributed by atoms with van der Waals surface area (Å²) in [4.78, 5) is 42.5. The van der Waals surface area contributed by atoms with Gasteiger partial charge < -0.3 is 19.3 Å². The second kappa shape index (κ2) is 23.1. The van der Waals surface area contributed by atoms with Gasteiger partial charge in [0.25, 0.3) is 5.24 Å². The van der Waals surface area contributed by atoms with Crippen molar-refractivity contribution in [1.29, 1.82) is 0 Å². The maximum Gasteiger partial charge on any atom is 0.306 e. The summed E-state index contributed by atoms with van der Waals surface area (Å²) in [6, 6.07) is 0. The molecule has 7 nitrogen and oxygen atoms in total. The third kappa shape index (κ3) is 20.6. The molecule has 0 spiro atoms. The van der Waals surface area contributed by atoms with Gasteiger partial charge in [0.15, 0.2) is 0 Å². The Morgan fingerprint density at radius 2 is 1.29 bits per heavy atom. The summed E-state index contributed by atoms with van der Waals surface area (Å²) in [6.07, 6.45) is 17.8. The molecule has 1 fully saturated rings. The van der Waals surface area contributed by atoms with E-state index in [4.69, 9.17) is 9.47 Å². The average Bonchev–Trinajstić information content (AvgIpc) is 2.92. The molecule has 0 unspecified atom stereocenters. The van der Waals surface area contributed by atoms with E-state index < -0.39 is 5.60 Å². The Morgan fingerprint density at radius 1 is 0.786 bits per heavy atom. The fraction of sp³-hybridized carbons (Fsp3) is 0.912. The fourth-order valence-corrected chi connectivity index (χ4v) is 6.36. The Bertz CT molecular complexity index is 720. The lowest BCUT2D eigenvalue weighted by Gasteiger charge is -2.30. The van der Waals surface area contributed by atoms with Crippen LogP contribution in [0.4, 0.5) is 4.79 Å². The van der Waals surface area contributed by atoms with Gasteiger partial charge in [-0.2, -0.15) is 0 Å². The van der Waals surface area contributed by atoms with Gasteiger partial charge in [0, 0.05) is 31.2 Å². The zero-order valence-corrected chi connectivity index (χ0v) is 28.9. The van der Waals surface area contributed by atoms with Gasteiger partial charge in [0.05, 0.1) is 0 Å².